The molecule has 2 heterocycles. The lowest BCUT2D eigenvalue weighted by molar-refractivity contribution is 0.0505. The van der Waals surface area contributed by atoms with Crippen LogP contribution >= 0.6 is 0 Å². The van der Waals surface area contributed by atoms with Gasteiger partial charge >= 0.3 is 0 Å². The van der Waals surface area contributed by atoms with E-state index in [2.05, 4.69) is 37.9 Å². The minimum atomic E-state index is 0.647. The minimum absolute atomic E-state index is 0.647. The first-order chi connectivity index (χ1) is 8.58. The lowest BCUT2D eigenvalue weighted by atomic mass is 9.93. The van der Waals surface area contributed by atoms with E-state index in [1.165, 1.54) is 19.4 Å². The monoisotopic (exact) mass is 254 g/mol. The Morgan fingerprint density at radius 3 is 2.61 bits per heavy atom. The molecule has 3 unspecified atom stereocenters. The molecule has 0 radical (unpaired) electrons. The summed E-state index contributed by atoms with van der Waals surface area (Å²) in [5, 5.41) is 3.74. The van der Waals surface area contributed by atoms with Crippen molar-refractivity contribution in [2.45, 2.75) is 58.7 Å². The summed E-state index contributed by atoms with van der Waals surface area (Å²) in [6.07, 6.45) is 2.52. The maximum atomic E-state index is 5.60. The molecule has 1 N–H and O–H groups in total. The van der Waals surface area contributed by atoms with Gasteiger partial charge in [-0.05, 0) is 24.7 Å². The van der Waals surface area contributed by atoms with Crippen molar-refractivity contribution >= 4 is 0 Å². The van der Waals surface area contributed by atoms with Gasteiger partial charge in [-0.25, -0.2) is 0 Å². The van der Waals surface area contributed by atoms with E-state index in [1.807, 2.05) is 0 Å². The summed E-state index contributed by atoms with van der Waals surface area (Å²) in [5.41, 5.74) is 0. The zero-order valence-corrected chi connectivity index (χ0v) is 12.5. The molecule has 2 aliphatic rings. The van der Waals surface area contributed by atoms with Crippen LogP contribution in [-0.4, -0.2) is 49.3 Å². The number of nitrogens with zero attached hydrogens (tertiary/aromatic N) is 1. The van der Waals surface area contributed by atoms with Crippen LogP contribution in [0.5, 0.6) is 0 Å². The first kappa shape index (κ1) is 14.3. The van der Waals surface area contributed by atoms with Gasteiger partial charge in [0.2, 0.25) is 0 Å². The van der Waals surface area contributed by atoms with Crippen molar-refractivity contribution < 1.29 is 4.74 Å². The first-order valence-corrected chi connectivity index (χ1v) is 7.64. The van der Waals surface area contributed by atoms with Gasteiger partial charge in [0, 0.05) is 37.8 Å². The Morgan fingerprint density at radius 1 is 1.28 bits per heavy atom. The second-order valence-corrected chi connectivity index (χ2v) is 6.76. The van der Waals surface area contributed by atoms with Gasteiger partial charge in [0.25, 0.3) is 0 Å². The predicted octanol–water partition coefficient (Wildman–Crippen LogP) is 2.12. The van der Waals surface area contributed by atoms with Crippen molar-refractivity contribution in [2.75, 3.05) is 26.3 Å². The average molecular weight is 254 g/mol. The molecule has 2 rings (SSSR count). The van der Waals surface area contributed by atoms with Crippen LogP contribution in [-0.2, 0) is 4.74 Å². The predicted molar refractivity (Wildman–Crippen MR) is 75.8 cm³/mol. The second kappa shape index (κ2) is 6.36. The van der Waals surface area contributed by atoms with Gasteiger partial charge in [0.05, 0.1) is 6.61 Å². The van der Waals surface area contributed by atoms with Gasteiger partial charge in [0.1, 0.15) is 0 Å². The Morgan fingerprint density at radius 2 is 2.06 bits per heavy atom. The molecular weight excluding hydrogens is 224 g/mol. The molecule has 2 aliphatic heterocycles. The van der Waals surface area contributed by atoms with Crippen LogP contribution in [0.3, 0.4) is 0 Å². The maximum Gasteiger partial charge on any atom is 0.0622 e. The fourth-order valence-corrected chi connectivity index (χ4v) is 3.29. The Labute approximate surface area is 112 Å². The summed E-state index contributed by atoms with van der Waals surface area (Å²) in [7, 11) is 0. The molecule has 18 heavy (non-hydrogen) atoms. The lowest BCUT2D eigenvalue weighted by Crippen LogP contribution is -2.61. The van der Waals surface area contributed by atoms with Gasteiger partial charge in [-0.1, -0.05) is 27.7 Å². The number of rotatable bonds is 4. The highest BCUT2D eigenvalue weighted by Crippen LogP contribution is 2.24. The van der Waals surface area contributed by atoms with Crippen LogP contribution in [0.2, 0.25) is 0 Å². The summed E-state index contributed by atoms with van der Waals surface area (Å²) in [5.74, 6) is 1.49. The van der Waals surface area contributed by atoms with E-state index in [0.717, 1.165) is 31.6 Å². The fourth-order valence-electron chi connectivity index (χ4n) is 3.29. The molecule has 0 amide bonds. The Bertz CT molecular complexity index is 249. The number of nitrogens with one attached hydrogen (secondary N) is 1. The van der Waals surface area contributed by atoms with E-state index >= 15 is 0 Å². The highest BCUT2D eigenvalue weighted by atomic mass is 16.5. The van der Waals surface area contributed by atoms with Gasteiger partial charge in [-0.3, -0.25) is 4.90 Å². The molecule has 2 saturated heterocycles. The highest BCUT2D eigenvalue weighted by Gasteiger charge is 2.35. The molecule has 0 aliphatic carbocycles. The molecule has 3 heteroatoms. The maximum absolute atomic E-state index is 5.60. The van der Waals surface area contributed by atoms with Crippen LogP contribution in [0.15, 0.2) is 0 Å². The minimum Gasteiger partial charge on any atom is -0.380 e. The standard InChI is InChI=1S/C15H30N2O/c1-11(2)7-14-8-16-15(12(3)4)9-17(14)13-5-6-18-10-13/h11-16H,5-10H2,1-4H3. The van der Waals surface area contributed by atoms with Crippen molar-refractivity contribution in [3.05, 3.63) is 0 Å². The molecule has 3 nitrogen and oxygen atoms in total. The second-order valence-electron chi connectivity index (χ2n) is 6.76. The van der Waals surface area contributed by atoms with Crippen molar-refractivity contribution in [3.63, 3.8) is 0 Å². The Kier molecular flexibility index (Phi) is 5.05. The van der Waals surface area contributed by atoms with Gasteiger partial charge in [0.15, 0.2) is 0 Å². The van der Waals surface area contributed by atoms with Gasteiger partial charge in [-0.2, -0.15) is 0 Å². The van der Waals surface area contributed by atoms with Crippen molar-refractivity contribution in [3.8, 4) is 0 Å². The van der Waals surface area contributed by atoms with Crippen LogP contribution in [0.4, 0.5) is 0 Å². The topological polar surface area (TPSA) is 24.5 Å². The third-order valence-electron chi connectivity index (χ3n) is 4.42. The van der Waals surface area contributed by atoms with Gasteiger partial charge < -0.3 is 10.1 Å². The summed E-state index contributed by atoms with van der Waals surface area (Å²) in [4.78, 5) is 2.74. The van der Waals surface area contributed by atoms with Crippen molar-refractivity contribution in [1.29, 1.82) is 0 Å². The third kappa shape index (κ3) is 3.46. The number of hydrogen-bond donors (Lipinski definition) is 1. The molecule has 0 saturated carbocycles. The summed E-state index contributed by atoms with van der Waals surface area (Å²) < 4.78 is 5.60. The van der Waals surface area contributed by atoms with E-state index in [1.54, 1.807) is 0 Å². The largest absolute Gasteiger partial charge is 0.380 e. The SMILES string of the molecule is CC(C)CC1CNC(C(C)C)CN1C1CCOC1. The van der Waals surface area contributed by atoms with Crippen LogP contribution in [0, 0.1) is 11.8 Å². The van der Waals surface area contributed by atoms with Crippen molar-refractivity contribution in [2.24, 2.45) is 11.8 Å². The molecule has 2 fully saturated rings. The highest BCUT2D eigenvalue weighted by molar-refractivity contribution is 4.92. The quantitative estimate of drug-likeness (QED) is 0.832. The van der Waals surface area contributed by atoms with E-state index in [-0.39, 0.29) is 0 Å². The van der Waals surface area contributed by atoms with E-state index in [0.29, 0.717) is 18.1 Å². The molecule has 0 aromatic heterocycles. The van der Waals surface area contributed by atoms with Crippen LogP contribution in [0.25, 0.3) is 0 Å². The van der Waals surface area contributed by atoms with Gasteiger partial charge in [-0.15, -0.1) is 0 Å². The molecule has 106 valence electrons. The van der Waals surface area contributed by atoms with Crippen molar-refractivity contribution in [1.82, 2.24) is 10.2 Å². The lowest BCUT2D eigenvalue weighted by Gasteiger charge is -2.45. The Hall–Kier alpha value is -0.120. The summed E-state index contributed by atoms with van der Waals surface area (Å²) in [6.45, 7) is 13.6. The van der Waals surface area contributed by atoms with Crippen LogP contribution in [0.1, 0.15) is 40.5 Å². The molecule has 0 aromatic carbocycles. The van der Waals surface area contributed by atoms with Crippen LogP contribution < -0.4 is 5.32 Å². The van der Waals surface area contributed by atoms with E-state index in [4.69, 9.17) is 4.74 Å². The molecule has 3 atom stereocenters. The van der Waals surface area contributed by atoms with E-state index in [9.17, 15) is 0 Å². The number of hydrogen-bond acceptors (Lipinski definition) is 3. The number of ether oxygens (including phenoxy) is 1. The summed E-state index contributed by atoms with van der Waals surface area (Å²) in [6, 6.07) is 2.01. The zero-order valence-electron chi connectivity index (χ0n) is 12.5. The smallest absolute Gasteiger partial charge is 0.0622 e. The summed E-state index contributed by atoms with van der Waals surface area (Å²) >= 11 is 0. The zero-order chi connectivity index (χ0) is 13.1. The van der Waals surface area contributed by atoms with E-state index < -0.39 is 0 Å². The number of piperazine rings is 1. The molecular formula is C15H30N2O. The first-order valence-electron chi connectivity index (χ1n) is 7.64. The average Bonchev–Trinajstić information content (AvgIpc) is 2.81. The molecule has 0 spiro atoms. The Balaban J connectivity index is 2.00. The molecule has 0 bridgehead atoms. The molecule has 0 aromatic rings. The third-order valence-corrected chi connectivity index (χ3v) is 4.42. The fraction of sp³-hybridized carbons (Fsp3) is 1.00. The normalized spacial score (nSPS) is 34.7.